The zero-order chi connectivity index (χ0) is 19.8. The van der Waals surface area contributed by atoms with Crippen molar-refractivity contribution in [2.75, 3.05) is 15.8 Å². The molecule has 0 saturated carbocycles. The van der Waals surface area contributed by atoms with Crippen LogP contribution in [0.15, 0.2) is 46.9 Å². The minimum absolute atomic E-state index is 0.0998. The summed E-state index contributed by atoms with van der Waals surface area (Å²) in [4.78, 5) is 25.0. The van der Waals surface area contributed by atoms with Crippen LogP contribution in [0.3, 0.4) is 0 Å². The molecule has 0 radical (unpaired) electrons. The highest BCUT2D eigenvalue weighted by Crippen LogP contribution is 2.40. The molecule has 1 atom stereocenters. The van der Waals surface area contributed by atoms with Crippen molar-refractivity contribution in [1.29, 1.82) is 0 Å². The smallest absolute Gasteiger partial charge is 0.261 e. The molecule has 7 nitrogen and oxygen atoms in total. The van der Waals surface area contributed by atoms with Gasteiger partial charge in [-0.3, -0.25) is 14.3 Å². The van der Waals surface area contributed by atoms with E-state index in [1.807, 2.05) is 0 Å². The standard InChI is InChI=1S/C18H17BrN2O5S/c1-2-27(25,26)21-13-5-3-4-11(8-13)16(22)10-18(24)14-7-6-12(19)9-15(14)20-17(18)23/h3-9,21,24H,2,10H2,1H3,(H,20,23)/t18-/m0/s1. The molecule has 0 saturated heterocycles. The lowest BCUT2D eigenvalue weighted by Gasteiger charge is -2.20. The number of aliphatic hydroxyl groups is 1. The van der Waals surface area contributed by atoms with E-state index in [9.17, 15) is 23.1 Å². The van der Waals surface area contributed by atoms with Gasteiger partial charge in [0.2, 0.25) is 10.0 Å². The second-order valence-corrected chi connectivity index (χ2v) is 9.12. The molecule has 0 aliphatic carbocycles. The van der Waals surface area contributed by atoms with E-state index in [-0.39, 0.29) is 17.0 Å². The largest absolute Gasteiger partial charge is 0.375 e. The summed E-state index contributed by atoms with van der Waals surface area (Å²) in [7, 11) is -3.48. The Morgan fingerprint density at radius 2 is 2.00 bits per heavy atom. The second kappa shape index (κ2) is 7.06. The molecule has 0 bridgehead atoms. The molecule has 0 spiro atoms. The first-order valence-electron chi connectivity index (χ1n) is 8.12. The lowest BCUT2D eigenvalue weighted by atomic mass is 9.88. The van der Waals surface area contributed by atoms with Gasteiger partial charge in [0.05, 0.1) is 12.2 Å². The van der Waals surface area contributed by atoms with Crippen LogP contribution in [0.5, 0.6) is 0 Å². The van der Waals surface area contributed by atoms with Gasteiger partial charge < -0.3 is 10.4 Å². The third-order valence-corrected chi connectivity index (χ3v) is 6.11. The zero-order valence-corrected chi connectivity index (χ0v) is 16.7. The number of fused-ring (bicyclic) bond motifs is 1. The van der Waals surface area contributed by atoms with Gasteiger partial charge in [0, 0.05) is 27.0 Å². The van der Waals surface area contributed by atoms with Gasteiger partial charge in [-0.05, 0) is 31.2 Å². The van der Waals surface area contributed by atoms with Crippen LogP contribution in [-0.4, -0.2) is 31.0 Å². The summed E-state index contributed by atoms with van der Waals surface area (Å²) in [6.45, 7) is 1.50. The Bertz CT molecular complexity index is 1040. The molecule has 2 aromatic carbocycles. The van der Waals surface area contributed by atoms with Gasteiger partial charge in [-0.1, -0.05) is 34.1 Å². The number of sulfonamides is 1. The second-order valence-electron chi connectivity index (χ2n) is 6.19. The molecule has 1 amide bonds. The molecule has 3 N–H and O–H groups in total. The molecule has 0 aromatic heterocycles. The fourth-order valence-electron chi connectivity index (χ4n) is 2.85. The van der Waals surface area contributed by atoms with Crippen molar-refractivity contribution in [2.24, 2.45) is 0 Å². The number of anilines is 2. The van der Waals surface area contributed by atoms with Crippen molar-refractivity contribution < 1.29 is 23.1 Å². The quantitative estimate of drug-likeness (QED) is 0.583. The topological polar surface area (TPSA) is 113 Å². The van der Waals surface area contributed by atoms with Crippen molar-refractivity contribution in [2.45, 2.75) is 18.9 Å². The fraction of sp³-hybridized carbons (Fsp3) is 0.222. The number of carbonyl (C=O) groups excluding carboxylic acids is 2. The third-order valence-electron chi connectivity index (χ3n) is 4.31. The molecule has 1 aliphatic rings. The number of hydrogen-bond acceptors (Lipinski definition) is 5. The molecule has 3 rings (SSSR count). The predicted molar refractivity (Wildman–Crippen MR) is 105 cm³/mol. The summed E-state index contributed by atoms with van der Waals surface area (Å²) in [6.07, 6.45) is -0.461. The maximum atomic E-state index is 12.7. The molecule has 142 valence electrons. The summed E-state index contributed by atoms with van der Waals surface area (Å²) in [5.41, 5.74) is -0.777. The highest BCUT2D eigenvalue weighted by molar-refractivity contribution is 9.10. The maximum absolute atomic E-state index is 12.7. The van der Waals surface area contributed by atoms with Gasteiger partial charge in [0.25, 0.3) is 5.91 Å². The average Bonchev–Trinajstić information content (AvgIpc) is 2.84. The lowest BCUT2D eigenvalue weighted by molar-refractivity contribution is -0.133. The Balaban J connectivity index is 1.87. The van der Waals surface area contributed by atoms with E-state index in [0.29, 0.717) is 11.3 Å². The number of carbonyl (C=O) groups is 2. The predicted octanol–water partition coefficient (Wildman–Crippen LogP) is 2.62. The number of rotatable bonds is 6. The molecule has 2 aromatic rings. The first kappa shape index (κ1) is 19.5. The fourth-order valence-corrected chi connectivity index (χ4v) is 3.84. The highest BCUT2D eigenvalue weighted by atomic mass is 79.9. The Morgan fingerprint density at radius 3 is 2.70 bits per heavy atom. The summed E-state index contributed by atoms with van der Waals surface area (Å²) < 4.78 is 26.5. The van der Waals surface area contributed by atoms with Crippen LogP contribution in [0.4, 0.5) is 11.4 Å². The molecular formula is C18H17BrN2O5S. The number of amides is 1. The summed E-state index contributed by atoms with van der Waals surface area (Å²) in [6, 6.07) is 10.8. The van der Waals surface area contributed by atoms with Crippen molar-refractivity contribution in [3.8, 4) is 0 Å². The highest BCUT2D eigenvalue weighted by Gasteiger charge is 2.46. The van der Waals surface area contributed by atoms with Gasteiger partial charge in [-0.15, -0.1) is 0 Å². The van der Waals surface area contributed by atoms with Gasteiger partial charge in [0.1, 0.15) is 0 Å². The van der Waals surface area contributed by atoms with Gasteiger partial charge in [-0.2, -0.15) is 0 Å². The Labute approximate surface area is 165 Å². The Morgan fingerprint density at radius 1 is 1.26 bits per heavy atom. The number of nitrogens with one attached hydrogen (secondary N) is 2. The Kier molecular flexibility index (Phi) is 5.11. The van der Waals surface area contributed by atoms with Crippen LogP contribution in [0.2, 0.25) is 0 Å². The van der Waals surface area contributed by atoms with E-state index in [1.54, 1.807) is 18.2 Å². The van der Waals surface area contributed by atoms with Crippen LogP contribution >= 0.6 is 15.9 Å². The van der Waals surface area contributed by atoms with Crippen LogP contribution in [0.1, 0.15) is 29.3 Å². The SMILES string of the molecule is CCS(=O)(=O)Nc1cccc(C(=O)C[C@@]2(O)C(=O)Nc3cc(Br)ccc32)c1. The molecule has 1 aliphatic heterocycles. The first-order chi connectivity index (χ1) is 12.6. The maximum Gasteiger partial charge on any atom is 0.261 e. The zero-order valence-electron chi connectivity index (χ0n) is 14.3. The molecule has 9 heteroatoms. The van der Waals surface area contributed by atoms with E-state index >= 15 is 0 Å². The first-order valence-corrected chi connectivity index (χ1v) is 10.6. The summed E-state index contributed by atoms with van der Waals surface area (Å²) in [5, 5.41) is 13.4. The number of ketones is 1. The summed E-state index contributed by atoms with van der Waals surface area (Å²) in [5.74, 6) is -1.26. The van der Waals surface area contributed by atoms with E-state index < -0.39 is 33.7 Å². The van der Waals surface area contributed by atoms with Crippen LogP contribution < -0.4 is 10.0 Å². The average molecular weight is 453 g/mol. The van der Waals surface area contributed by atoms with Crippen molar-refractivity contribution in [3.05, 3.63) is 58.1 Å². The number of Topliss-reactive ketones (excluding diaryl/α,β-unsaturated/α-hetero) is 1. The molecular weight excluding hydrogens is 436 g/mol. The minimum atomic E-state index is -3.48. The normalized spacial score (nSPS) is 18.7. The van der Waals surface area contributed by atoms with Gasteiger partial charge in [0.15, 0.2) is 11.4 Å². The van der Waals surface area contributed by atoms with Crippen LogP contribution in [-0.2, 0) is 20.4 Å². The number of halogens is 1. The monoisotopic (exact) mass is 452 g/mol. The molecule has 1 heterocycles. The molecule has 0 unspecified atom stereocenters. The lowest BCUT2D eigenvalue weighted by Crippen LogP contribution is -2.36. The van der Waals surface area contributed by atoms with Crippen molar-refractivity contribution >= 4 is 49.0 Å². The Hall–Kier alpha value is -2.23. The minimum Gasteiger partial charge on any atom is -0.375 e. The van der Waals surface area contributed by atoms with Crippen molar-refractivity contribution in [1.82, 2.24) is 0 Å². The van der Waals surface area contributed by atoms with Crippen LogP contribution in [0, 0.1) is 0 Å². The van der Waals surface area contributed by atoms with E-state index in [2.05, 4.69) is 26.0 Å². The van der Waals surface area contributed by atoms with Gasteiger partial charge >= 0.3 is 0 Å². The van der Waals surface area contributed by atoms with E-state index in [4.69, 9.17) is 0 Å². The van der Waals surface area contributed by atoms with Crippen LogP contribution in [0.25, 0.3) is 0 Å². The molecule has 27 heavy (non-hydrogen) atoms. The van der Waals surface area contributed by atoms with E-state index in [0.717, 1.165) is 4.47 Å². The molecule has 0 fully saturated rings. The number of hydrogen-bond donors (Lipinski definition) is 3. The number of benzene rings is 2. The summed E-state index contributed by atoms with van der Waals surface area (Å²) >= 11 is 3.29. The van der Waals surface area contributed by atoms with Crippen molar-refractivity contribution in [3.63, 3.8) is 0 Å². The third kappa shape index (κ3) is 3.90. The van der Waals surface area contributed by atoms with Gasteiger partial charge in [-0.25, -0.2) is 8.42 Å². The van der Waals surface area contributed by atoms with E-state index in [1.165, 1.54) is 31.2 Å².